The maximum atomic E-state index is 11.6. The molecule has 0 amide bonds. The summed E-state index contributed by atoms with van der Waals surface area (Å²) >= 11 is 0. The second-order valence-electron chi connectivity index (χ2n) is 5.79. The van der Waals surface area contributed by atoms with Crippen molar-refractivity contribution in [1.29, 1.82) is 0 Å². The van der Waals surface area contributed by atoms with E-state index in [0.29, 0.717) is 35.8 Å². The van der Waals surface area contributed by atoms with Crippen molar-refractivity contribution >= 4 is 10.0 Å². The zero-order chi connectivity index (χ0) is 19.2. The fourth-order valence-corrected chi connectivity index (χ4v) is 3.28. The highest BCUT2D eigenvalue weighted by atomic mass is 32.2. The molecule has 0 radical (unpaired) electrons. The zero-order valence-electron chi connectivity index (χ0n) is 14.8. The highest BCUT2D eigenvalue weighted by Gasteiger charge is 2.15. The van der Waals surface area contributed by atoms with Gasteiger partial charge in [0, 0.05) is 13.1 Å². The molecule has 0 aliphatic heterocycles. The first kappa shape index (κ1) is 20.2. The summed E-state index contributed by atoms with van der Waals surface area (Å²) in [5.74, 6) is 1.30. The van der Waals surface area contributed by atoms with Crippen LogP contribution in [-0.4, -0.2) is 40.3 Å². The normalized spacial score (nSPS) is 12.6. The van der Waals surface area contributed by atoms with Crippen molar-refractivity contribution in [1.82, 2.24) is 5.32 Å². The smallest absolute Gasteiger partial charge is 0.238 e. The fraction of sp³-hybridized carbons (Fsp3) is 0.333. The molecule has 0 unspecified atom stereocenters. The second-order valence-corrected chi connectivity index (χ2v) is 7.32. The first-order chi connectivity index (χ1) is 12.3. The first-order valence-corrected chi connectivity index (χ1v) is 9.65. The highest BCUT2D eigenvalue weighted by molar-refractivity contribution is 7.89. The molecule has 8 heteroatoms. The summed E-state index contributed by atoms with van der Waals surface area (Å²) in [7, 11) is -2.24. The molecule has 0 aliphatic carbocycles. The average Bonchev–Trinajstić information content (AvgIpc) is 2.61. The lowest BCUT2D eigenvalue weighted by atomic mass is 10.1. The number of aliphatic hydroxyl groups excluding tert-OH is 1. The van der Waals surface area contributed by atoms with Crippen LogP contribution in [0.2, 0.25) is 0 Å². The van der Waals surface area contributed by atoms with E-state index in [1.165, 1.54) is 6.07 Å². The maximum absolute atomic E-state index is 11.6. The van der Waals surface area contributed by atoms with Crippen LogP contribution in [0.15, 0.2) is 47.4 Å². The number of methoxy groups -OCH3 is 1. The third-order valence-electron chi connectivity index (χ3n) is 3.85. The first-order valence-electron chi connectivity index (χ1n) is 8.11. The summed E-state index contributed by atoms with van der Waals surface area (Å²) in [5, 5.41) is 18.5. The Morgan fingerprint density at radius 1 is 1.19 bits per heavy atom. The Morgan fingerprint density at radius 2 is 1.88 bits per heavy atom. The third-order valence-corrected chi connectivity index (χ3v) is 4.90. The lowest BCUT2D eigenvalue weighted by Crippen LogP contribution is -2.26. The third kappa shape index (κ3) is 5.43. The van der Waals surface area contributed by atoms with Crippen LogP contribution in [-0.2, 0) is 10.0 Å². The predicted octanol–water partition coefficient (Wildman–Crippen LogP) is 1.35. The molecule has 2 rings (SSSR count). The predicted molar refractivity (Wildman–Crippen MR) is 98.9 cm³/mol. The molecule has 4 N–H and O–H groups in total. The number of para-hydroxylation sites is 2. The van der Waals surface area contributed by atoms with Crippen molar-refractivity contribution in [2.45, 2.75) is 17.9 Å². The minimum atomic E-state index is -3.82. The van der Waals surface area contributed by atoms with Gasteiger partial charge in [-0.15, -0.1) is 0 Å². The number of benzene rings is 2. The van der Waals surface area contributed by atoms with E-state index in [4.69, 9.17) is 14.6 Å². The topological polar surface area (TPSA) is 111 Å². The number of rotatable bonds is 9. The van der Waals surface area contributed by atoms with Crippen molar-refractivity contribution in [3.8, 4) is 11.5 Å². The van der Waals surface area contributed by atoms with E-state index < -0.39 is 16.1 Å². The molecule has 0 fully saturated rings. The van der Waals surface area contributed by atoms with Crippen molar-refractivity contribution < 1.29 is 23.0 Å². The number of sulfonamides is 1. The van der Waals surface area contributed by atoms with Crippen LogP contribution in [0.4, 0.5) is 0 Å². The molecule has 0 bridgehead atoms. The summed E-state index contributed by atoms with van der Waals surface area (Å²) in [4.78, 5) is 0.0218. The van der Waals surface area contributed by atoms with E-state index in [2.05, 4.69) is 5.32 Å². The SMILES string of the molecule is COc1ccccc1OCCNC[C@H](O)c1ccc(C)c(S(N)(=O)=O)c1. The molecule has 0 saturated heterocycles. The van der Waals surface area contributed by atoms with Gasteiger partial charge in [0.2, 0.25) is 10.0 Å². The summed E-state index contributed by atoms with van der Waals surface area (Å²) in [6.45, 7) is 2.80. The lowest BCUT2D eigenvalue weighted by Gasteiger charge is -2.15. The van der Waals surface area contributed by atoms with Gasteiger partial charge in [-0.2, -0.15) is 0 Å². The Morgan fingerprint density at radius 3 is 2.54 bits per heavy atom. The number of hydrogen-bond acceptors (Lipinski definition) is 6. The van der Waals surface area contributed by atoms with E-state index in [1.54, 1.807) is 26.2 Å². The number of primary sulfonamides is 1. The van der Waals surface area contributed by atoms with Gasteiger partial charge in [-0.05, 0) is 36.2 Å². The van der Waals surface area contributed by atoms with E-state index in [-0.39, 0.29) is 11.4 Å². The highest BCUT2D eigenvalue weighted by Crippen LogP contribution is 2.25. The summed E-state index contributed by atoms with van der Waals surface area (Å²) in [6.07, 6.45) is -0.859. The molecule has 0 heterocycles. The summed E-state index contributed by atoms with van der Waals surface area (Å²) in [5.41, 5.74) is 1.03. The van der Waals surface area contributed by atoms with E-state index in [1.807, 2.05) is 24.3 Å². The molecule has 0 spiro atoms. The van der Waals surface area contributed by atoms with Crippen LogP contribution in [0.3, 0.4) is 0 Å². The Hall–Kier alpha value is -2.13. The minimum Gasteiger partial charge on any atom is -0.493 e. The quantitative estimate of drug-likeness (QED) is 0.567. The van der Waals surface area contributed by atoms with E-state index >= 15 is 0 Å². The zero-order valence-corrected chi connectivity index (χ0v) is 15.6. The molecule has 2 aromatic rings. The van der Waals surface area contributed by atoms with Crippen LogP contribution >= 0.6 is 0 Å². The van der Waals surface area contributed by atoms with Crippen LogP contribution < -0.4 is 19.9 Å². The van der Waals surface area contributed by atoms with Crippen LogP contribution in [0, 0.1) is 6.92 Å². The molecule has 7 nitrogen and oxygen atoms in total. The minimum absolute atomic E-state index is 0.0218. The van der Waals surface area contributed by atoms with Gasteiger partial charge in [0.25, 0.3) is 0 Å². The molecular weight excluding hydrogens is 356 g/mol. The van der Waals surface area contributed by atoms with Gasteiger partial charge < -0.3 is 19.9 Å². The van der Waals surface area contributed by atoms with Gasteiger partial charge in [-0.1, -0.05) is 24.3 Å². The molecular formula is C18H24N2O5S. The van der Waals surface area contributed by atoms with Gasteiger partial charge in [0.05, 0.1) is 18.1 Å². The van der Waals surface area contributed by atoms with Gasteiger partial charge in [0.1, 0.15) is 6.61 Å². The van der Waals surface area contributed by atoms with Crippen LogP contribution in [0.5, 0.6) is 11.5 Å². The summed E-state index contributed by atoms with van der Waals surface area (Å²) < 4.78 is 34.0. The van der Waals surface area contributed by atoms with Crippen molar-refractivity contribution in [2.75, 3.05) is 26.8 Å². The number of nitrogens with one attached hydrogen (secondary N) is 1. The molecule has 142 valence electrons. The van der Waals surface area contributed by atoms with Gasteiger partial charge in [-0.3, -0.25) is 0 Å². The molecule has 26 heavy (non-hydrogen) atoms. The largest absolute Gasteiger partial charge is 0.493 e. The second kappa shape index (κ2) is 9.00. The van der Waals surface area contributed by atoms with Crippen LogP contribution in [0.25, 0.3) is 0 Å². The standard InChI is InChI=1S/C18H24N2O5S/c1-13-7-8-14(11-18(13)26(19,22)23)15(21)12-20-9-10-25-17-6-4-3-5-16(17)24-2/h3-8,11,15,20-21H,9-10,12H2,1-2H3,(H2,19,22,23)/t15-/m0/s1. The molecule has 2 aromatic carbocycles. The van der Waals surface area contributed by atoms with Crippen molar-refractivity contribution in [3.05, 3.63) is 53.6 Å². The van der Waals surface area contributed by atoms with E-state index in [0.717, 1.165) is 0 Å². The summed E-state index contributed by atoms with van der Waals surface area (Å²) in [6, 6.07) is 12.1. The molecule has 0 aliphatic rings. The Balaban J connectivity index is 1.85. The molecule has 0 saturated carbocycles. The van der Waals surface area contributed by atoms with Gasteiger partial charge >= 0.3 is 0 Å². The Bertz CT molecular complexity index is 839. The van der Waals surface area contributed by atoms with Gasteiger partial charge in [0.15, 0.2) is 11.5 Å². The van der Waals surface area contributed by atoms with Crippen molar-refractivity contribution in [2.24, 2.45) is 5.14 Å². The number of ether oxygens (including phenoxy) is 2. The average molecular weight is 380 g/mol. The molecule has 1 atom stereocenters. The van der Waals surface area contributed by atoms with Crippen LogP contribution in [0.1, 0.15) is 17.2 Å². The lowest BCUT2D eigenvalue weighted by molar-refractivity contribution is 0.171. The number of aryl methyl sites for hydroxylation is 1. The monoisotopic (exact) mass is 380 g/mol. The molecule has 0 aromatic heterocycles. The number of aliphatic hydroxyl groups is 1. The number of hydrogen-bond donors (Lipinski definition) is 3. The Labute approximate surface area is 153 Å². The van der Waals surface area contributed by atoms with Gasteiger partial charge in [-0.25, -0.2) is 13.6 Å². The number of nitrogens with two attached hydrogens (primary N) is 1. The maximum Gasteiger partial charge on any atom is 0.238 e. The fourth-order valence-electron chi connectivity index (χ4n) is 2.46. The Kier molecular flexibility index (Phi) is 6.98. The van der Waals surface area contributed by atoms with E-state index in [9.17, 15) is 13.5 Å². The van der Waals surface area contributed by atoms with Crippen molar-refractivity contribution in [3.63, 3.8) is 0 Å².